The van der Waals surface area contributed by atoms with E-state index >= 15 is 0 Å². The van der Waals surface area contributed by atoms with Crippen LogP contribution in [0.15, 0.2) is 9.79 Å². The molecule has 2 rings (SSSR count). The number of hydrogen-bond acceptors (Lipinski definition) is 3. The van der Waals surface area contributed by atoms with Crippen molar-refractivity contribution in [2.45, 2.75) is 71.4 Å². The minimum atomic E-state index is 0. The lowest BCUT2D eigenvalue weighted by Crippen LogP contribution is -2.38. The highest BCUT2D eigenvalue weighted by molar-refractivity contribution is 14.0. The Morgan fingerprint density at radius 1 is 1.16 bits per heavy atom. The fraction of sp³-hybridized carbons (Fsp3) is 0.824. The van der Waals surface area contributed by atoms with Crippen molar-refractivity contribution in [3.05, 3.63) is 16.3 Å². The molecular formula is C17H33IN6O. The third-order valence-electron chi connectivity index (χ3n) is 4.42. The summed E-state index contributed by atoms with van der Waals surface area (Å²) in [6.45, 7) is 5.42. The summed E-state index contributed by atoms with van der Waals surface area (Å²) in [5, 5.41) is 11.1. The van der Waals surface area contributed by atoms with E-state index in [1.54, 1.807) is 11.7 Å². The fourth-order valence-electron chi connectivity index (χ4n) is 3.01. The number of aliphatic imine (C=N–C) groups is 1. The van der Waals surface area contributed by atoms with Crippen LogP contribution in [0.1, 0.15) is 57.7 Å². The lowest BCUT2D eigenvalue weighted by molar-refractivity contribution is 0.509. The zero-order valence-corrected chi connectivity index (χ0v) is 17.9. The summed E-state index contributed by atoms with van der Waals surface area (Å²) in [5.74, 6) is 1.78. The zero-order valence-electron chi connectivity index (χ0n) is 15.6. The predicted molar refractivity (Wildman–Crippen MR) is 113 cm³/mol. The average molecular weight is 464 g/mol. The maximum Gasteiger partial charge on any atom is 0.345 e. The number of unbranched alkanes of at least 4 members (excludes halogenated alkanes) is 3. The van der Waals surface area contributed by atoms with Gasteiger partial charge in [-0.3, -0.25) is 9.56 Å². The molecule has 1 aliphatic heterocycles. The van der Waals surface area contributed by atoms with E-state index in [-0.39, 0.29) is 29.7 Å². The Kier molecular flexibility index (Phi) is 10.8. The van der Waals surface area contributed by atoms with Crippen LogP contribution in [-0.2, 0) is 19.5 Å². The second kappa shape index (κ2) is 12.3. The lowest BCUT2D eigenvalue weighted by Gasteiger charge is -2.11. The molecule has 8 heteroatoms. The summed E-state index contributed by atoms with van der Waals surface area (Å²) in [4.78, 5) is 16.5. The fourth-order valence-corrected chi connectivity index (χ4v) is 3.01. The Morgan fingerprint density at radius 2 is 1.92 bits per heavy atom. The Balaban J connectivity index is 0.00000312. The molecule has 0 fully saturated rings. The number of nitrogens with zero attached hydrogens (tertiary/aromatic N) is 4. The van der Waals surface area contributed by atoms with Gasteiger partial charge < -0.3 is 10.6 Å². The van der Waals surface area contributed by atoms with Crippen molar-refractivity contribution in [1.29, 1.82) is 0 Å². The molecule has 0 radical (unpaired) electrons. The number of aromatic nitrogens is 3. The van der Waals surface area contributed by atoms with Crippen molar-refractivity contribution in [2.24, 2.45) is 4.99 Å². The highest BCUT2D eigenvalue weighted by Gasteiger charge is 2.16. The van der Waals surface area contributed by atoms with Crippen molar-refractivity contribution in [2.75, 3.05) is 20.1 Å². The van der Waals surface area contributed by atoms with Crippen LogP contribution >= 0.6 is 24.0 Å². The van der Waals surface area contributed by atoms with Gasteiger partial charge in [0, 0.05) is 39.6 Å². The molecule has 0 unspecified atom stereocenters. The summed E-state index contributed by atoms with van der Waals surface area (Å²) in [6, 6.07) is 0. The van der Waals surface area contributed by atoms with Crippen LogP contribution in [0.4, 0.5) is 0 Å². The van der Waals surface area contributed by atoms with E-state index < -0.39 is 0 Å². The Morgan fingerprint density at radius 3 is 2.60 bits per heavy atom. The van der Waals surface area contributed by atoms with Crippen LogP contribution in [0.25, 0.3) is 0 Å². The van der Waals surface area contributed by atoms with Gasteiger partial charge in [-0.25, -0.2) is 9.48 Å². The molecule has 1 aliphatic rings. The van der Waals surface area contributed by atoms with Gasteiger partial charge in [-0.2, -0.15) is 5.10 Å². The number of rotatable bonds is 9. The smallest absolute Gasteiger partial charge is 0.345 e. The molecule has 0 amide bonds. The topological polar surface area (TPSA) is 76.2 Å². The van der Waals surface area contributed by atoms with Gasteiger partial charge in [0.15, 0.2) is 5.96 Å². The van der Waals surface area contributed by atoms with Crippen LogP contribution in [0, 0.1) is 0 Å². The van der Waals surface area contributed by atoms with Crippen molar-refractivity contribution in [1.82, 2.24) is 25.0 Å². The molecule has 0 aliphatic carbocycles. The van der Waals surface area contributed by atoms with E-state index in [2.05, 4.69) is 27.6 Å². The molecule has 0 bridgehead atoms. The van der Waals surface area contributed by atoms with E-state index in [4.69, 9.17) is 0 Å². The van der Waals surface area contributed by atoms with Crippen molar-refractivity contribution < 1.29 is 0 Å². The van der Waals surface area contributed by atoms with Crippen LogP contribution in [0.5, 0.6) is 0 Å². The van der Waals surface area contributed by atoms with E-state index in [1.807, 2.05) is 4.57 Å². The molecule has 144 valence electrons. The molecule has 0 saturated heterocycles. The molecule has 0 saturated carbocycles. The summed E-state index contributed by atoms with van der Waals surface area (Å²) >= 11 is 0. The van der Waals surface area contributed by atoms with Gasteiger partial charge in [-0.1, -0.05) is 26.2 Å². The number of hydrogen-bond donors (Lipinski definition) is 2. The number of nitrogens with one attached hydrogen (secondary N) is 2. The van der Waals surface area contributed by atoms with Gasteiger partial charge in [0.2, 0.25) is 0 Å². The Labute approximate surface area is 167 Å². The molecule has 7 nitrogen and oxygen atoms in total. The third kappa shape index (κ3) is 6.99. The first-order chi connectivity index (χ1) is 11.8. The molecule has 2 heterocycles. The van der Waals surface area contributed by atoms with Gasteiger partial charge in [0.05, 0.1) is 0 Å². The van der Waals surface area contributed by atoms with Gasteiger partial charge in [0.25, 0.3) is 0 Å². The first-order valence-corrected chi connectivity index (χ1v) is 9.37. The van der Waals surface area contributed by atoms with Crippen LogP contribution in [0.3, 0.4) is 0 Å². The third-order valence-corrected chi connectivity index (χ3v) is 4.42. The quantitative estimate of drug-likeness (QED) is 0.254. The predicted octanol–water partition coefficient (Wildman–Crippen LogP) is 2.13. The molecule has 0 atom stereocenters. The van der Waals surface area contributed by atoms with Gasteiger partial charge in [-0.15, -0.1) is 24.0 Å². The first kappa shape index (κ1) is 22.0. The van der Waals surface area contributed by atoms with Crippen molar-refractivity contribution >= 4 is 29.9 Å². The second-order valence-electron chi connectivity index (χ2n) is 6.37. The van der Waals surface area contributed by atoms with Crippen LogP contribution < -0.4 is 16.3 Å². The molecule has 1 aromatic rings. The van der Waals surface area contributed by atoms with E-state index in [9.17, 15) is 4.79 Å². The Bertz CT molecular complexity index is 580. The van der Waals surface area contributed by atoms with Gasteiger partial charge in [0.1, 0.15) is 5.82 Å². The number of fused-ring (bicyclic) bond motifs is 1. The van der Waals surface area contributed by atoms with Crippen molar-refractivity contribution in [3.63, 3.8) is 0 Å². The molecule has 0 aromatic carbocycles. The molecule has 2 N–H and O–H groups in total. The molecule has 0 spiro atoms. The SMILES string of the molecule is CCCCCCNC(=NC)NCCCn1nc2n(c1=O)CCCC2.I. The normalized spacial score (nSPS) is 13.9. The van der Waals surface area contributed by atoms with E-state index in [0.717, 1.165) is 57.1 Å². The largest absolute Gasteiger partial charge is 0.356 e. The average Bonchev–Trinajstić information content (AvgIpc) is 2.93. The maximum absolute atomic E-state index is 12.2. The van der Waals surface area contributed by atoms with Gasteiger partial charge >= 0.3 is 5.69 Å². The maximum atomic E-state index is 12.2. The first-order valence-electron chi connectivity index (χ1n) is 9.37. The number of halogens is 1. The summed E-state index contributed by atoms with van der Waals surface area (Å²) in [5.41, 5.74) is 0.0446. The monoisotopic (exact) mass is 464 g/mol. The minimum absolute atomic E-state index is 0. The molecule has 1 aromatic heterocycles. The standard InChI is InChI=1S/C17H32N6O.HI/c1-3-4-5-7-11-19-16(18-2)20-12-9-14-23-17(24)22-13-8-6-10-15(22)21-23;/h3-14H2,1-2H3,(H2,18,19,20);1H. The minimum Gasteiger partial charge on any atom is -0.356 e. The molecular weight excluding hydrogens is 431 g/mol. The van der Waals surface area contributed by atoms with Crippen LogP contribution in [-0.4, -0.2) is 40.4 Å². The van der Waals surface area contributed by atoms with Crippen LogP contribution in [0.2, 0.25) is 0 Å². The van der Waals surface area contributed by atoms with E-state index in [0.29, 0.717) is 6.54 Å². The summed E-state index contributed by atoms with van der Waals surface area (Å²) in [7, 11) is 1.79. The number of aryl methyl sites for hydroxylation is 2. The van der Waals surface area contributed by atoms with Crippen molar-refractivity contribution in [3.8, 4) is 0 Å². The highest BCUT2D eigenvalue weighted by atomic mass is 127. The summed E-state index contributed by atoms with van der Waals surface area (Å²) < 4.78 is 3.44. The van der Waals surface area contributed by atoms with E-state index in [1.165, 1.54) is 25.7 Å². The zero-order chi connectivity index (χ0) is 17.2. The lowest BCUT2D eigenvalue weighted by atomic mass is 10.2. The molecule has 25 heavy (non-hydrogen) atoms. The van der Waals surface area contributed by atoms with Gasteiger partial charge in [-0.05, 0) is 25.7 Å². The Hall–Kier alpha value is -1.06. The summed E-state index contributed by atoms with van der Waals surface area (Å²) in [6.07, 6.45) is 8.97. The highest BCUT2D eigenvalue weighted by Crippen LogP contribution is 2.09. The second-order valence-corrected chi connectivity index (χ2v) is 6.37. The number of guanidine groups is 1.